The number of carboxylic acid groups (broad SMARTS) is 1. The van der Waals surface area contributed by atoms with Crippen molar-refractivity contribution in [1.29, 1.82) is 0 Å². The number of hydrogen-bond acceptors (Lipinski definition) is 7. The average Bonchev–Trinajstić information content (AvgIpc) is 3.37. The molecular formula is C29H30ClFN2O7S. The third-order valence-electron chi connectivity index (χ3n) is 6.52. The molecule has 12 heteroatoms. The molecule has 1 aliphatic heterocycles. The average molecular weight is 605 g/mol. The van der Waals surface area contributed by atoms with E-state index in [0.717, 1.165) is 5.56 Å². The Bertz CT molecular complexity index is 1450. The van der Waals surface area contributed by atoms with Crippen molar-refractivity contribution in [1.82, 2.24) is 0 Å². The molecule has 0 spiro atoms. The number of fused-ring (bicyclic) bond motifs is 1. The number of aliphatic carboxylic acids is 1. The summed E-state index contributed by atoms with van der Waals surface area (Å²) in [5.41, 5.74) is 2.45. The molecule has 3 aromatic rings. The van der Waals surface area contributed by atoms with E-state index < -0.39 is 29.7 Å². The van der Waals surface area contributed by atoms with Crippen LogP contribution in [0, 0.1) is 0 Å². The number of rotatable bonds is 13. The molecule has 1 aliphatic rings. The van der Waals surface area contributed by atoms with Crippen molar-refractivity contribution >= 4 is 45.7 Å². The Hall–Kier alpha value is -3.83. The van der Waals surface area contributed by atoms with Crippen LogP contribution in [0.1, 0.15) is 30.0 Å². The Morgan fingerprint density at radius 1 is 1.12 bits per heavy atom. The maximum absolute atomic E-state index is 14.3. The third-order valence-corrected chi connectivity index (χ3v) is 7.66. The number of carbonyl (C=O) groups is 2. The van der Waals surface area contributed by atoms with Gasteiger partial charge in [0.25, 0.3) is 5.91 Å². The van der Waals surface area contributed by atoms with Crippen molar-refractivity contribution in [3.63, 3.8) is 0 Å². The number of hydrogen-bond donors (Lipinski definition) is 2. The molecule has 0 aromatic heterocycles. The van der Waals surface area contributed by atoms with Crippen molar-refractivity contribution < 1.29 is 37.5 Å². The highest BCUT2D eigenvalue weighted by molar-refractivity contribution is 7.84. The fourth-order valence-electron chi connectivity index (χ4n) is 4.55. The van der Waals surface area contributed by atoms with Gasteiger partial charge in [0, 0.05) is 63.3 Å². The number of alkyl halides is 1. The highest BCUT2D eigenvalue weighted by Gasteiger charge is 2.33. The maximum atomic E-state index is 14.3. The van der Waals surface area contributed by atoms with E-state index in [9.17, 15) is 18.2 Å². The summed E-state index contributed by atoms with van der Waals surface area (Å²) in [6.07, 6.45) is 2.32. The topological polar surface area (TPSA) is 114 Å². The summed E-state index contributed by atoms with van der Waals surface area (Å²) in [6.45, 7) is -0.521. The largest absolute Gasteiger partial charge is 0.497 e. The van der Waals surface area contributed by atoms with Crippen molar-refractivity contribution in [3.05, 3.63) is 70.7 Å². The van der Waals surface area contributed by atoms with Gasteiger partial charge in [0.15, 0.2) is 0 Å². The van der Waals surface area contributed by atoms with Gasteiger partial charge in [0.1, 0.15) is 23.3 Å². The van der Waals surface area contributed by atoms with Gasteiger partial charge in [-0.2, -0.15) is 0 Å². The van der Waals surface area contributed by atoms with Crippen molar-refractivity contribution in [2.75, 3.05) is 43.6 Å². The number of benzene rings is 3. The second-order valence-corrected chi connectivity index (χ2v) is 11.1. The third kappa shape index (κ3) is 7.47. The zero-order valence-electron chi connectivity index (χ0n) is 22.5. The fraction of sp³-hybridized carbons (Fsp3) is 0.310. The molecule has 0 bridgehead atoms. The van der Waals surface area contributed by atoms with Crippen LogP contribution in [0.4, 0.5) is 15.8 Å². The van der Waals surface area contributed by atoms with Gasteiger partial charge in [0.05, 0.1) is 19.4 Å². The van der Waals surface area contributed by atoms with Gasteiger partial charge < -0.3 is 29.5 Å². The highest BCUT2D eigenvalue weighted by atomic mass is 35.5. The summed E-state index contributed by atoms with van der Waals surface area (Å²) in [7, 11) is 0.166. The van der Waals surface area contributed by atoms with Gasteiger partial charge in [-0.15, -0.1) is 0 Å². The lowest BCUT2D eigenvalue weighted by Crippen LogP contribution is -2.37. The summed E-state index contributed by atoms with van der Waals surface area (Å²) in [5, 5.41) is 12.6. The van der Waals surface area contributed by atoms with Crippen molar-refractivity contribution in [2.24, 2.45) is 0 Å². The Balaban J connectivity index is 1.76. The molecular weight excluding hydrogens is 575 g/mol. The molecule has 0 fully saturated rings. The number of halogens is 2. The summed E-state index contributed by atoms with van der Waals surface area (Å²) in [5.74, 6) is -0.217. The summed E-state index contributed by atoms with van der Waals surface area (Å²) in [4.78, 5) is 27.4. The predicted octanol–water partition coefficient (Wildman–Crippen LogP) is 5.38. The Morgan fingerprint density at radius 2 is 1.93 bits per heavy atom. The highest BCUT2D eigenvalue weighted by Crippen LogP contribution is 2.38. The standard InChI is InChI=1S/C29H30ClFN2O7S/c1-38-22-13-20(14-23(15-22)41(2)37)32-28(24-8-6-19(30)12-26(24)39-11-3-4-27(34)35)29(36)33-10-9-18-5-7-21(40-17-31)16-25(18)33/h5-8,12-16,28,32H,3-4,9-11,17H2,1-2H3,(H,34,35). The lowest BCUT2D eigenvalue weighted by Gasteiger charge is -2.28. The number of anilines is 2. The minimum Gasteiger partial charge on any atom is -0.497 e. The molecule has 0 radical (unpaired) electrons. The Labute approximate surface area is 244 Å². The zero-order chi connectivity index (χ0) is 29.5. The number of methoxy groups -OCH3 is 1. The minimum absolute atomic E-state index is 0.0783. The first-order valence-corrected chi connectivity index (χ1v) is 14.7. The van der Waals surface area contributed by atoms with Gasteiger partial charge in [-0.05, 0) is 48.7 Å². The number of carbonyl (C=O) groups excluding carboxylic acids is 1. The number of carboxylic acids is 1. The first kappa shape index (κ1) is 30.1. The van der Waals surface area contributed by atoms with E-state index in [2.05, 4.69) is 5.32 Å². The normalized spacial score (nSPS) is 13.7. The number of ether oxygens (including phenoxy) is 3. The van der Waals surface area contributed by atoms with Gasteiger partial charge in [0.2, 0.25) is 6.86 Å². The van der Waals surface area contributed by atoms with E-state index in [1.54, 1.807) is 65.8 Å². The predicted molar refractivity (Wildman–Crippen MR) is 155 cm³/mol. The van der Waals surface area contributed by atoms with E-state index in [1.165, 1.54) is 7.11 Å². The first-order chi connectivity index (χ1) is 19.7. The molecule has 1 amide bonds. The van der Waals surface area contributed by atoms with Crippen LogP contribution in [0.3, 0.4) is 0 Å². The molecule has 41 heavy (non-hydrogen) atoms. The monoisotopic (exact) mass is 604 g/mol. The van der Waals surface area contributed by atoms with Crippen LogP contribution < -0.4 is 24.4 Å². The summed E-state index contributed by atoms with van der Waals surface area (Å²) < 4.78 is 41.5. The quantitative estimate of drug-likeness (QED) is 0.250. The molecule has 9 nitrogen and oxygen atoms in total. The smallest absolute Gasteiger partial charge is 0.303 e. The van der Waals surface area contributed by atoms with Gasteiger partial charge in [-0.3, -0.25) is 13.8 Å². The van der Waals surface area contributed by atoms with Crippen LogP contribution in [-0.2, 0) is 26.8 Å². The molecule has 2 N–H and O–H groups in total. The lowest BCUT2D eigenvalue weighted by atomic mass is 10.0. The molecule has 2 unspecified atom stereocenters. The van der Waals surface area contributed by atoms with E-state index in [4.69, 9.17) is 30.9 Å². The molecule has 3 aromatic carbocycles. The zero-order valence-corrected chi connectivity index (χ0v) is 24.1. The number of nitrogens with one attached hydrogen (secondary N) is 1. The van der Waals surface area contributed by atoms with E-state index >= 15 is 0 Å². The van der Waals surface area contributed by atoms with Gasteiger partial charge in [-0.25, -0.2) is 4.39 Å². The molecule has 0 aliphatic carbocycles. The van der Waals surface area contributed by atoms with Crippen LogP contribution in [0.15, 0.2) is 59.5 Å². The Morgan fingerprint density at radius 3 is 2.63 bits per heavy atom. The molecule has 2 atom stereocenters. The van der Waals surface area contributed by atoms with E-state index in [1.807, 2.05) is 0 Å². The van der Waals surface area contributed by atoms with Crippen molar-refractivity contribution in [2.45, 2.75) is 30.2 Å². The SMILES string of the molecule is COc1cc(NC(C(=O)N2CCc3ccc(OCF)cc32)c2ccc(Cl)cc2OCCCC(=O)O)cc(S(C)=O)c1. The fourth-order valence-corrected chi connectivity index (χ4v) is 5.29. The molecule has 4 rings (SSSR count). The van der Waals surface area contributed by atoms with E-state index in [0.29, 0.717) is 57.1 Å². The van der Waals surface area contributed by atoms with Crippen LogP contribution in [-0.4, -0.2) is 54.6 Å². The van der Waals surface area contributed by atoms with E-state index in [-0.39, 0.29) is 25.4 Å². The molecule has 0 saturated carbocycles. The summed E-state index contributed by atoms with van der Waals surface area (Å²) in [6, 6.07) is 14.0. The van der Waals surface area contributed by atoms with Crippen LogP contribution in [0.25, 0.3) is 0 Å². The molecule has 0 saturated heterocycles. The second kappa shape index (κ2) is 13.7. The lowest BCUT2D eigenvalue weighted by molar-refractivity contribution is -0.137. The van der Waals surface area contributed by atoms with Crippen LogP contribution in [0.2, 0.25) is 5.02 Å². The van der Waals surface area contributed by atoms with Gasteiger partial charge >= 0.3 is 5.97 Å². The van der Waals surface area contributed by atoms with Gasteiger partial charge in [-0.1, -0.05) is 23.7 Å². The minimum atomic E-state index is -1.32. The maximum Gasteiger partial charge on any atom is 0.303 e. The first-order valence-electron chi connectivity index (χ1n) is 12.8. The summed E-state index contributed by atoms with van der Waals surface area (Å²) >= 11 is 6.28. The van der Waals surface area contributed by atoms with Crippen molar-refractivity contribution in [3.8, 4) is 17.2 Å². The molecule has 1 heterocycles. The Kier molecular flexibility index (Phi) is 10.1. The van der Waals surface area contributed by atoms with Crippen LogP contribution >= 0.6 is 11.6 Å². The number of nitrogens with zero attached hydrogens (tertiary/aromatic N) is 1. The van der Waals surface area contributed by atoms with Crippen LogP contribution in [0.5, 0.6) is 17.2 Å². The second-order valence-electron chi connectivity index (χ2n) is 9.24. The molecule has 218 valence electrons. The number of amides is 1.